The molecule has 1 unspecified atom stereocenters. The number of fused-ring (bicyclic) bond motifs is 1. The Bertz CT molecular complexity index is 1020. The van der Waals surface area contributed by atoms with Crippen molar-refractivity contribution >= 4 is 11.6 Å². The fourth-order valence-corrected chi connectivity index (χ4v) is 3.55. The smallest absolute Gasteiger partial charge is 0.282 e. The predicted molar refractivity (Wildman–Crippen MR) is 92.4 cm³/mol. The Morgan fingerprint density at radius 2 is 2.15 bits per heavy atom. The van der Waals surface area contributed by atoms with Crippen molar-refractivity contribution in [3.63, 3.8) is 0 Å². The summed E-state index contributed by atoms with van der Waals surface area (Å²) in [5, 5.41) is 0. The number of imidazole rings is 1. The monoisotopic (exact) mass is 374 g/mol. The highest BCUT2D eigenvalue weighted by Gasteiger charge is 2.43. The minimum Gasteiger partial charge on any atom is -0.334 e. The van der Waals surface area contributed by atoms with Gasteiger partial charge in [-0.2, -0.15) is 0 Å². The van der Waals surface area contributed by atoms with E-state index in [9.17, 15) is 13.6 Å². The van der Waals surface area contributed by atoms with E-state index in [0.717, 1.165) is 5.56 Å². The van der Waals surface area contributed by atoms with Crippen molar-refractivity contribution in [2.45, 2.75) is 25.4 Å². The molecule has 1 aliphatic heterocycles. The fourth-order valence-electron chi connectivity index (χ4n) is 3.55. The highest BCUT2D eigenvalue weighted by molar-refractivity contribution is 5.95. The van der Waals surface area contributed by atoms with Crippen molar-refractivity contribution < 1.29 is 18.0 Å². The molecule has 1 fully saturated rings. The number of carbonyl (C=O) groups excluding carboxylic acids is 1. The molecule has 0 bridgehead atoms. The molecule has 0 saturated carbocycles. The molecule has 3 aromatic rings. The van der Waals surface area contributed by atoms with Crippen LogP contribution in [0.2, 0.25) is 0 Å². The first-order valence-corrected chi connectivity index (χ1v) is 8.54. The average molecular weight is 374 g/mol. The number of hydrogen-bond donors (Lipinski definition) is 0. The largest absolute Gasteiger partial charge is 0.334 e. The molecule has 2 aromatic heterocycles. The lowest BCUT2D eigenvalue weighted by Gasteiger charge is -2.22. The van der Waals surface area contributed by atoms with Crippen LogP contribution in [0.5, 0.6) is 0 Å². The fraction of sp³-hybridized carbons (Fsp3) is 0.316. The van der Waals surface area contributed by atoms with Crippen LogP contribution < -0.4 is 0 Å². The van der Waals surface area contributed by atoms with Gasteiger partial charge in [0.05, 0.1) is 12.7 Å². The number of halogens is 3. The summed E-state index contributed by atoms with van der Waals surface area (Å²) in [5.41, 5.74) is -0.983. The predicted octanol–water partition coefficient (Wildman–Crippen LogP) is 3.69. The molecule has 140 valence electrons. The normalized spacial score (nSPS) is 20.0. The molecule has 1 saturated heterocycles. The molecule has 1 aliphatic rings. The van der Waals surface area contributed by atoms with Crippen LogP contribution in [-0.2, 0) is 5.67 Å². The lowest BCUT2D eigenvalue weighted by Crippen LogP contribution is -2.33. The summed E-state index contributed by atoms with van der Waals surface area (Å²) in [6.45, 7) is 1.83. The molecule has 0 radical (unpaired) electrons. The molecule has 27 heavy (non-hydrogen) atoms. The Labute approximate surface area is 153 Å². The van der Waals surface area contributed by atoms with E-state index in [-0.39, 0.29) is 30.9 Å². The molecule has 0 aliphatic carbocycles. The second-order valence-corrected chi connectivity index (χ2v) is 6.76. The Hall–Kier alpha value is -2.90. The van der Waals surface area contributed by atoms with E-state index in [1.165, 1.54) is 27.9 Å². The number of amides is 1. The first-order chi connectivity index (χ1) is 12.9. The van der Waals surface area contributed by atoms with Gasteiger partial charge in [0.15, 0.2) is 11.3 Å². The summed E-state index contributed by atoms with van der Waals surface area (Å²) in [6, 6.07) is 7.07. The van der Waals surface area contributed by atoms with Gasteiger partial charge in [-0.05, 0) is 12.5 Å². The van der Waals surface area contributed by atoms with Gasteiger partial charge >= 0.3 is 0 Å². The van der Waals surface area contributed by atoms with Gasteiger partial charge in [-0.15, -0.1) is 0 Å². The third kappa shape index (κ3) is 2.94. The molecule has 8 heteroatoms. The maximum absolute atomic E-state index is 15.5. The van der Waals surface area contributed by atoms with Gasteiger partial charge in [0.2, 0.25) is 0 Å². The molecular formula is C19H17F3N4O. The number of aromatic nitrogens is 3. The minimum atomic E-state index is -2.92. The highest BCUT2D eigenvalue weighted by atomic mass is 19.3. The SMILES string of the molecule is Cc1cccc(C2(F)CCN(C(=O)c3c(C(F)F)nc4cnccn34)C2)c1. The van der Waals surface area contributed by atoms with Crippen molar-refractivity contribution in [2.75, 3.05) is 13.1 Å². The van der Waals surface area contributed by atoms with E-state index in [2.05, 4.69) is 9.97 Å². The number of carbonyl (C=O) groups is 1. The van der Waals surface area contributed by atoms with Crippen molar-refractivity contribution in [1.29, 1.82) is 0 Å². The summed E-state index contributed by atoms with van der Waals surface area (Å²) >= 11 is 0. The second-order valence-electron chi connectivity index (χ2n) is 6.76. The van der Waals surface area contributed by atoms with Crippen LogP contribution >= 0.6 is 0 Å². The van der Waals surface area contributed by atoms with Crippen LogP contribution in [0, 0.1) is 6.92 Å². The first-order valence-electron chi connectivity index (χ1n) is 8.54. The molecule has 1 atom stereocenters. The number of hydrogen-bond acceptors (Lipinski definition) is 3. The van der Waals surface area contributed by atoms with Gasteiger partial charge in [-0.1, -0.05) is 29.8 Å². The quantitative estimate of drug-likeness (QED) is 0.703. The van der Waals surface area contributed by atoms with E-state index in [1.54, 1.807) is 18.2 Å². The third-order valence-electron chi connectivity index (χ3n) is 4.91. The maximum atomic E-state index is 15.5. The summed E-state index contributed by atoms with van der Waals surface area (Å²) in [6.07, 6.45) is 1.29. The van der Waals surface area contributed by atoms with Crippen LogP contribution in [0.25, 0.3) is 5.65 Å². The van der Waals surface area contributed by atoms with Crippen LogP contribution in [0.3, 0.4) is 0 Å². The van der Waals surface area contributed by atoms with Crippen molar-refractivity contribution in [1.82, 2.24) is 19.3 Å². The van der Waals surface area contributed by atoms with Crippen molar-refractivity contribution in [3.8, 4) is 0 Å². The van der Waals surface area contributed by atoms with Gasteiger partial charge in [0, 0.05) is 25.4 Å². The van der Waals surface area contributed by atoms with E-state index >= 15 is 4.39 Å². The topological polar surface area (TPSA) is 50.5 Å². The van der Waals surface area contributed by atoms with E-state index < -0.39 is 23.7 Å². The number of alkyl halides is 3. The van der Waals surface area contributed by atoms with E-state index in [0.29, 0.717) is 5.56 Å². The summed E-state index contributed by atoms with van der Waals surface area (Å²) in [5.74, 6) is -0.656. The summed E-state index contributed by atoms with van der Waals surface area (Å²) < 4.78 is 43.6. The molecule has 1 amide bonds. The summed E-state index contributed by atoms with van der Waals surface area (Å²) in [4.78, 5) is 21.9. The van der Waals surface area contributed by atoms with Gasteiger partial charge in [-0.3, -0.25) is 14.2 Å². The molecule has 3 heterocycles. The van der Waals surface area contributed by atoms with Gasteiger partial charge in [0.1, 0.15) is 11.4 Å². The molecule has 0 N–H and O–H groups in total. The highest BCUT2D eigenvalue weighted by Crippen LogP contribution is 2.37. The number of benzene rings is 1. The van der Waals surface area contributed by atoms with Gasteiger partial charge < -0.3 is 4.90 Å². The number of nitrogens with zero attached hydrogens (tertiary/aromatic N) is 4. The number of likely N-dealkylation sites (tertiary alicyclic amines) is 1. The zero-order chi connectivity index (χ0) is 19.2. The lowest BCUT2D eigenvalue weighted by atomic mass is 9.94. The Kier molecular flexibility index (Phi) is 4.13. The molecule has 1 aromatic carbocycles. The molecule has 4 rings (SSSR count). The minimum absolute atomic E-state index is 0.116. The van der Waals surface area contributed by atoms with Gasteiger partial charge in [-0.25, -0.2) is 18.2 Å². The average Bonchev–Trinajstić information content (AvgIpc) is 3.23. The van der Waals surface area contributed by atoms with Crippen molar-refractivity contribution in [3.05, 3.63) is 65.4 Å². The zero-order valence-electron chi connectivity index (χ0n) is 14.6. The summed E-state index contributed by atoms with van der Waals surface area (Å²) in [7, 11) is 0. The standard InChI is InChI=1S/C19H17F3N4O/c1-12-3-2-4-13(9-12)19(22)5-7-25(11-19)18(27)16-15(17(20)21)24-14-10-23-6-8-26(14)16/h2-4,6,8-10,17H,5,7,11H2,1H3. The Morgan fingerprint density at radius 1 is 1.33 bits per heavy atom. The second kappa shape index (κ2) is 6.37. The maximum Gasteiger partial charge on any atom is 0.282 e. The number of aryl methyl sites for hydroxylation is 1. The molecular weight excluding hydrogens is 357 g/mol. The van der Waals surface area contributed by atoms with E-state index in [1.807, 2.05) is 13.0 Å². The van der Waals surface area contributed by atoms with Gasteiger partial charge in [0.25, 0.3) is 12.3 Å². The zero-order valence-corrected chi connectivity index (χ0v) is 14.6. The molecule has 0 spiro atoms. The van der Waals surface area contributed by atoms with Crippen LogP contribution in [0.1, 0.15) is 40.2 Å². The molecule has 5 nitrogen and oxygen atoms in total. The van der Waals surface area contributed by atoms with Crippen LogP contribution in [0.15, 0.2) is 42.9 Å². The third-order valence-corrected chi connectivity index (χ3v) is 4.91. The van der Waals surface area contributed by atoms with E-state index in [4.69, 9.17) is 0 Å². The first kappa shape index (κ1) is 17.5. The van der Waals surface area contributed by atoms with Crippen LogP contribution in [-0.4, -0.2) is 38.3 Å². The Balaban J connectivity index is 1.69. The van der Waals surface area contributed by atoms with Crippen LogP contribution in [0.4, 0.5) is 13.2 Å². The van der Waals surface area contributed by atoms with Crippen molar-refractivity contribution in [2.24, 2.45) is 0 Å². The Morgan fingerprint density at radius 3 is 2.89 bits per heavy atom. The lowest BCUT2D eigenvalue weighted by molar-refractivity contribution is 0.0731. The number of rotatable bonds is 3.